The van der Waals surface area contributed by atoms with E-state index >= 15 is 0 Å². The van der Waals surface area contributed by atoms with Crippen molar-refractivity contribution in [1.82, 2.24) is 4.98 Å². The largest absolute Gasteiger partial charge is 0.325 e. The van der Waals surface area contributed by atoms with Gasteiger partial charge in [-0.25, -0.2) is 13.4 Å². The van der Waals surface area contributed by atoms with Gasteiger partial charge in [0.2, 0.25) is 15.7 Å². The number of rotatable bonds is 6. The highest BCUT2D eigenvalue weighted by atomic mass is 79.9. The van der Waals surface area contributed by atoms with E-state index in [9.17, 15) is 13.2 Å². The van der Waals surface area contributed by atoms with Gasteiger partial charge in [0, 0.05) is 10.2 Å². The summed E-state index contributed by atoms with van der Waals surface area (Å²) in [5.74, 6) is -0.129. The fourth-order valence-electron chi connectivity index (χ4n) is 2.22. The van der Waals surface area contributed by atoms with Gasteiger partial charge in [-0.2, -0.15) is 0 Å². The maximum atomic E-state index is 12.8. The van der Waals surface area contributed by atoms with Gasteiger partial charge >= 0.3 is 0 Å². The van der Waals surface area contributed by atoms with E-state index in [4.69, 9.17) is 0 Å². The summed E-state index contributed by atoms with van der Waals surface area (Å²) in [7, 11) is -3.71. The Hall–Kier alpha value is -1.68. The second-order valence-corrected chi connectivity index (χ2v) is 10.5. The molecular formula is C18H15BrN2O3S3. The number of nitrogens with one attached hydrogen (secondary N) is 1. The van der Waals surface area contributed by atoms with Gasteiger partial charge in [0.05, 0.1) is 20.4 Å². The molecule has 9 heteroatoms. The summed E-state index contributed by atoms with van der Waals surface area (Å²) in [6.45, 7) is 1.89. The third-order valence-electron chi connectivity index (χ3n) is 3.53. The lowest BCUT2D eigenvalue weighted by Crippen LogP contribution is -2.14. The standard InChI is InChI=1S/C18H15BrN2O3S3/c1-12-5-7-15(8-6-12)27(23,24)17-18(26-11-20-17)25-10-16(22)21-14-4-2-3-13(19)9-14/h2-9,11H,10H2,1H3,(H,21,22). The van der Waals surface area contributed by atoms with Gasteiger partial charge < -0.3 is 5.32 Å². The van der Waals surface area contributed by atoms with Crippen LogP contribution in [0, 0.1) is 6.92 Å². The summed E-state index contributed by atoms with van der Waals surface area (Å²) in [5, 5.41) is 2.78. The van der Waals surface area contributed by atoms with Crippen molar-refractivity contribution in [3.63, 3.8) is 0 Å². The number of sulfone groups is 1. The second kappa shape index (κ2) is 8.55. The fraction of sp³-hybridized carbons (Fsp3) is 0.111. The van der Waals surface area contributed by atoms with Crippen LogP contribution in [0.25, 0.3) is 0 Å². The average molecular weight is 483 g/mol. The lowest BCUT2D eigenvalue weighted by atomic mass is 10.2. The van der Waals surface area contributed by atoms with Crippen molar-refractivity contribution in [2.75, 3.05) is 11.1 Å². The number of anilines is 1. The van der Waals surface area contributed by atoms with E-state index in [0.717, 1.165) is 21.8 Å². The van der Waals surface area contributed by atoms with Crippen molar-refractivity contribution < 1.29 is 13.2 Å². The number of halogens is 1. The van der Waals surface area contributed by atoms with E-state index < -0.39 is 9.84 Å². The third kappa shape index (κ3) is 4.98. The summed E-state index contributed by atoms with van der Waals surface area (Å²) in [6.07, 6.45) is 0. The minimum atomic E-state index is -3.71. The molecule has 0 saturated carbocycles. The normalized spacial score (nSPS) is 11.3. The van der Waals surface area contributed by atoms with E-state index in [0.29, 0.717) is 9.90 Å². The number of hydrogen-bond donors (Lipinski definition) is 1. The minimum Gasteiger partial charge on any atom is -0.325 e. The Morgan fingerprint density at radius 1 is 1.22 bits per heavy atom. The van der Waals surface area contributed by atoms with Gasteiger partial charge in [0.1, 0.15) is 0 Å². The van der Waals surface area contributed by atoms with Crippen LogP contribution in [0.4, 0.5) is 5.69 Å². The molecule has 0 aliphatic carbocycles. The zero-order valence-corrected chi connectivity index (χ0v) is 18.2. The lowest BCUT2D eigenvalue weighted by Gasteiger charge is -2.07. The maximum absolute atomic E-state index is 12.8. The molecule has 0 unspecified atom stereocenters. The van der Waals surface area contributed by atoms with Crippen LogP contribution in [0.5, 0.6) is 0 Å². The Balaban J connectivity index is 1.71. The highest BCUT2D eigenvalue weighted by Crippen LogP contribution is 2.33. The third-order valence-corrected chi connectivity index (χ3v) is 8.12. The number of aromatic nitrogens is 1. The van der Waals surface area contributed by atoms with Crippen molar-refractivity contribution in [3.05, 3.63) is 64.1 Å². The molecule has 1 N–H and O–H groups in total. The molecule has 140 valence electrons. The van der Waals surface area contributed by atoms with Gasteiger partial charge in [-0.05, 0) is 37.3 Å². The molecule has 1 aromatic heterocycles. The van der Waals surface area contributed by atoms with E-state index in [1.54, 1.807) is 36.4 Å². The van der Waals surface area contributed by atoms with Crippen LogP contribution in [0.2, 0.25) is 0 Å². The molecule has 0 saturated heterocycles. The molecule has 3 aromatic rings. The fourth-order valence-corrected chi connectivity index (χ4v) is 6.29. The van der Waals surface area contributed by atoms with Crippen LogP contribution < -0.4 is 5.32 Å². The predicted molar refractivity (Wildman–Crippen MR) is 112 cm³/mol. The summed E-state index contributed by atoms with van der Waals surface area (Å²) in [6, 6.07) is 13.9. The van der Waals surface area contributed by atoms with Crippen LogP contribution in [0.15, 0.2) is 72.6 Å². The highest BCUT2D eigenvalue weighted by molar-refractivity contribution is 9.10. The monoisotopic (exact) mass is 482 g/mol. The van der Waals surface area contributed by atoms with Crippen LogP contribution >= 0.6 is 39.0 Å². The SMILES string of the molecule is Cc1ccc(S(=O)(=O)c2ncsc2SCC(=O)Nc2cccc(Br)c2)cc1. The van der Waals surface area contributed by atoms with Crippen LogP contribution in [0.3, 0.4) is 0 Å². The number of carbonyl (C=O) groups excluding carboxylic acids is 1. The van der Waals surface area contributed by atoms with Crippen LogP contribution in [-0.4, -0.2) is 25.1 Å². The first kappa shape index (κ1) is 20.1. The second-order valence-electron chi connectivity index (χ2n) is 5.61. The molecule has 5 nitrogen and oxygen atoms in total. The summed E-state index contributed by atoms with van der Waals surface area (Å²) >= 11 is 5.72. The van der Waals surface area contributed by atoms with Gasteiger partial charge in [-0.15, -0.1) is 23.1 Å². The number of thiazole rings is 1. The molecule has 0 bridgehead atoms. The van der Waals surface area contributed by atoms with Gasteiger partial charge in [0.25, 0.3) is 0 Å². The first-order chi connectivity index (χ1) is 12.9. The first-order valence-corrected chi connectivity index (χ1v) is 11.9. The minimum absolute atomic E-state index is 0.00314. The van der Waals surface area contributed by atoms with Crippen molar-refractivity contribution in [2.45, 2.75) is 21.1 Å². The topological polar surface area (TPSA) is 76.1 Å². The molecule has 2 aromatic carbocycles. The van der Waals surface area contributed by atoms with E-state index in [2.05, 4.69) is 26.2 Å². The Kier molecular flexibility index (Phi) is 6.36. The molecule has 0 atom stereocenters. The van der Waals surface area contributed by atoms with E-state index in [1.165, 1.54) is 16.8 Å². The molecule has 0 fully saturated rings. The predicted octanol–water partition coefficient (Wildman–Crippen LogP) is 4.78. The van der Waals surface area contributed by atoms with Crippen molar-refractivity contribution >= 4 is 60.5 Å². The van der Waals surface area contributed by atoms with E-state index in [1.807, 2.05) is 19.1 Å². The van der Waals surface area contributed by atoms with Crippen molar-refractivity contribution in [1.29, 1.82) is 0 Å². The first-order valence-electron chi connectivity index (χ1n) is 7.80. The summed E-state index contributed by atoms with van der Waals surface area (Å²) < 4.78 is 27.0. The van der Waals surface area contributed by atoms with Crippen LogP contribution in [0.1, 0.15) is 5.56 Å². The highest BCUT2D eigenvalue weighted by Gasteiger charge is 2.25. The number of carbonyl (C=O) groups is 1. The van der Waals surface area contributed by atoms with E-state index in [-0.39, 0.29) is 21.6 Å². The molecule has 0 spiro atoms. The number of hydrogen-bond acceptors (Lipinski definition) is 6. The molecule has 3 rings (SSSR count). The summed E-state index contributed by atoms with van der Waals surface area (Å²) in [4.78, 5) is 16.4. The zero-order valence-electron chi connectivity index (χ0n) is 14.2. The lowest BCUT2D eigenvalue weighted by molar-refractivity contribution is -0.113. The maximum Gasteiger partial charge on any atom is 0.234 e. The molecule has 27 heavy (non-hydrogen) atoms. The van der Waals surface area contributed by atoms with Gasteiger partial charge in [-0.1, -0.05) is 39.7 Å². The molecule has 0 aliphatic heterocycles. The zero-order chi connectivity index (χ0) is 19.4. The Morgan fingerprint density at radius 2 is 1.96 bits per heavy atom. The molecule has 1 amide bonds. The summed E-state index contributed by atoms with van der Waals surface area (Å²) in [5.41, 5.74) is 3.13. The Labute approximate surface area is 174 Å². The number of nitrogens with zero attached hydrogens (tertiary/aromatic N) is 1. The molecule has 0 aliphatic rings. The van der Waals surface area contributed by atoms with Gasteiger partial charge in [-0.3, -0.25) is 4.79 Å². The van der Waals surface area contributed by atoms with Crippen molar-refractivity contribution in [3.8, 4) is 0 Å². The Bertz CT molecular complexity index is 1060. The number of benzene rings is 2. The number of aryl methyl sites for hydroxylation is 1. The molecule has 1 heterocycles. The number of amides is 1. The Morgan fingerprint density at radius 3 is 2.67 bits per heavy atom. The number of thioether (sulfide) groups is 1. The molecular weight excluding hydrogens is 468 g/mol. The van der Waals surface area contributed by atoms with Crippen LogP contribution in [-0.2, 0) is 14.6 Å². The van der Waals surface area contributed by atoms with Crippen molar-refractivity contribution in [2.24, 2.45) is 0 Å². The molecule has 0 radical (unpaired) electrons. The smallest absolute Gasteiger partial charge is 0.234 e. The van der Waals surface area contributed by atoms with Gasteiger partial charge in [0.15, 0.2) is 5.03 Å². The quantitative estimate of drug-likeness (QED) is 0.511. The average Bonchev–Trinajstić information content (AvgIpc) is 3.10.